The molecule has 3 rings (SSSR count). The predicted molar refractivity (Wildman–Crippen MR) is 135 cm³/mol. The number of hydrogen-bond acceptors (Lipinski definition) is 4. The van der Waals surface area contributed by atoms with Gasteiger partial charge in [0, 0.05) is 5.92 Å². The van der Waals surface area contributed by atoms with Crippen molar-refractivity contribution in [3.8, 4) is 11.1 Å². The van der Waals surface area contributed by atoms with Gasteiger partial charge in [-0.3, -0.25) is 4.79 Å². The zero-order valence-corrected chi connectivity index (χ0v) is 20.8. The van der Waals surface area contributed by atoms with Crippen molar-refractivity contribution in [2.75, 3.05) is 6.61 Å². The summed E-state index contributed by atoms with van der Waals surface area (Å²) in [4.78, 5) is 37.2. The molecule has 0 fully saturated rings. The highest BCUT2D eigenvalue weighted by Gasteiger charge is 2.30. The second kappa shape index (κ2) is 12.4. The number of fused-ring (bicyclic) bond motifs is 3. The molecule has 1 unspecified atom stereocenters. The van der Waals surface area contributed by atoms with Crippen molar-refractivity contribution < 1.29 is 24.2 Å². The number of carboxylic acids is 1. The molecular weight excluding hydrogens is 444 g/mol. The van der Waals surface area contributed by atoms with Crippen molar-refractivity contribution in [1.29, 1.82) is 0 Å². The Bertz CT molecular complexity index is 990. The van der Waals surface area contributed by atoms with Crippen molar-refractivity contribution >= 4 is 18.0 Å². The number of aliphatic carboxylic acids is 1. The quantitative estimate of drug-likeness (QED) is 0.392. The van der Waals surface area contributed by atoms with Gasteiger partial charge in [-0.1, -0.05) is 82.1 Å². The molecule has 0 heterocycles. The molecule has 7 nitrogen and oxygen atoms in total. The molecule has 1 aliphatic rings. The number of unbranched alkanes of at least 4 members (excludes halogenated alkanes) is 1. The highest BCUT2D eigenvalue weighted by atomic mass is 16.5. The molecule has 2 aromatic carbocycles. The van der Waals surface area contributed by atoms with Crippen LogP contribution in [0.2, 0.25) is 0 Å². The van der Waals surface area contributed by atoms with E-state index in [-0.39, 0.29) is 12.5 Å². The van der Waals surface area contributed by atoms with Crippen molar-refractivity contribution in [2.24, 2.45) is 5.92 Å². The monoisotopic (exact) mass is 480 g/mol. The largest absolute Gasteiger partial charge is 0.480 e. The Labute approximate surface area is 207 Å². The zero-order valence-electron chi connectivity index (χ0n) is 20.8. The molecule has 0 saturated carbocycles. The fourth-order valence-corrected chi connectivity index (χ4v) is 4.49. The second-order valence-corrected chi connectivity index (χ2v) is 9.54. The SMILES string of the molecule is CCCC[C@H](NC(=O)OCC1c2ccccc2-c2ccccc21)C(=O)NC(CCC(C)C)C(=O)O. The average Bonchev–Trinajstić information content (AvgIpc) is 3.16. The topological polar surface area (TPSA) is 105 Å². The number of hydrogen-bond donors (Lipinski definition) is 3. The number of ether oxygens (including phenoxy) is 1. The van der Waals surface area contributed by atoms with Gasteiger partial charge in [-0.15, -0.1) is 0 Å². The van der Waals surface area contributed by atoms with Gasteiger partial charge in [-0.2, -0.15) is 0 Å². The molecule has 1 aliphatic carbocycles. The number of carboxylic acid groups (broad SMARTS) is 1. The summed E-state index contributed by atoms with van der Waals surface area (Å²) in [6.45, 7) is 6.14. The number of carbonyl (C=O) groups excluding carboxylic acids is 2. The third-order valence-electron chi connectivity index (χ3n) is 6.45. The molecular formula is C28H36N2O5. The van der Waals surface area contributed by atoms with Crippen LogP contribution in [0.15, 0.2) is 48.5 Å². The minimum absolute atomic E-state index is 0.0801. The van der Waals surface area contributed by atoms with Crippen LogP contribution in [-0.4, -0.2) is 41.8 Å². The van der Waals surface area contributed by atoms with Crippen LogP contribution >= 0.6 is 0 Å². The van der Waals surface area contributed by atoms with Gasteiger partial charge >= 0.3 is 12.1 Å². The first kappa shape index (κ1) is 26.3. The van der Waals surface area contributed by atoms with Crippen LogP contribution in [0.4, 0.5) is 4.79 Å². The summed E-state index contributed by atoms with van der Waals surface area (Å²) in [7, 11) is 0. The second-order valence-electron chi connectivity index (χ2n) is 9.54. The molecule has 0 spiro atoms. The minimum Gasteiger partial charge on any atom is -0.480 e. The fraction of sp³-hybridized carbons (Fsp3) is 0.464. The Morgan fingerprint density at radius 2 is 1.49 bits per heavy atom. The van der Waals surface area contributed by atoms with E-state index >= 15 is 0 Å². The lowest BCUT2D eigenvalue weighted by Gasteiger charge is -2.22. The standard InChI is InChI=1S/C28H36N2O5/c1-4-5-14-24(26(31)29-25(27(32)33)16-15-18(2)3)30-28(34)35-17-23-21-12-8-6-10-19(21)20-11-7-9-13-22(20)23/h6-13,18,23-25H,4-5,14-17H2,1-3H3,(H,29,31)(H,30,34)(H,32,33)/t24-,25?/m0/s1. The summed E-state index contributed by atoms with van der Waals surface area (Å²) in [5.74, 6) is -1.33. The Morgan fingerprint density at radius 3 is 2.03 bits per heavy atom. The van der Waals surface area contributed by atoms with Gasteiger partial charge in [0.05, 0.1) is 0 Å². The summed E-state index contributed by atoms with van der Waals surface area (Å²) in [6, 6.07) is 14.3. The van der Waals surface area contributed by atoms with E-state index in [0.29, 0.717) is 31.6 Å². The molecule has 0 saturated heterocycles. The molecule has 0 bridgehead atoms. The molecule has 0 aliphatic heterocycles. The van der Waals surface area contributed by atoms with Crippen LogP contribution in [0, 0.1) is 5.92 Å². The van der Waals surface area contributed by atoms with E-state index in [0.717, 1.165) is 28.7 Å². The number of alkyl carbamates (subject to hydrolysis) is 1. The smallest absolute Gasteiger partial charge is 0.407 e. The summed E-state index contributed by atoms with van der Waals surface area (Å²) >= 11 is 0. The molecule has 188 valence electrons. The first-order valence-electron chi connectivity index (χ1n) is 12.5. The first-order valence-corrected chi connectivity index (χ1v) is 12.5. The van der Waals surface area contributed by atoms with Gasteiger partial charge in [0.2, 0.25) is 5.91 Å². The zero-order chi connectivity index (χ0) is 25.4. The third kappa shape index (κ3) is 6.84. The van der Waals surface area contributed by atoms with E-state index in [1.54, 1.807) is 0 Å². The maximum Gasteiger partial charge on any atom is 0.407 e. The maximum absolute atomic E-state index is 12.9. The lowest BCUT2D eigenvalue weighted by atomic mass is 9.98. The van der Waals surface area contributed by atoms with Crippen LogP contribution in [-0.2, 0) is 14.3 Å². The van der Waals surface area contributed by atoms with Crippen molar-refractivity contribution in [2.45, 2.75) is 70.9 Å². The normalized spacial score (nSPS) is 14.1. The molecule has 7 heteroatoms. The van der Waals surface area contributed by atoms with Crippen LogP contribution < -0.4 is 10.6 Å². The maximum atomic E-state index is 12.9. The number of benzene rings is 2. The van der Waals surface area contributed by atoms with Crippen LogP contribution in [0.3, 0.4) is 0 Å². The number of carbonyl (C=O) groups is 3. The molecule has 2 atom stereocenters. The highest BCUT2D eigenvalue weighted by molar-refractivity contribution is 5.89. The lowest BCUT2D eigenvalue weighted by molar-refractivity contribution is -0.142. The van der Waals surface area contributed by atoms with Gasteiger partial charge in [0.15, 0.2) is 0 Å². The number of amides is 2. The summed E-state index contributed by atoms with van der Waals surface area (Å²) < 4.78 is 5.59. The van der Waals surface area contributed by atoms with Gasteiger partial charge in [0.25, 0.3) is 0 Å². The molecule has 3 N–H and O–H groups in total. The molecule has 0 radical (unpaired) electrons. The van der Waals surface area contributed by atoms with E-state index in [2.05, 4.69) is 22.8 Å². The van der Waals surface area contributed by atoms with E-state index in [1.807, 2.05) is 57.2 Å². The van der Waals surface area contributed by atoms with Gasteiger partial charge in [-0.25, -0.2) is 9.59 Å². The van der Waals surface area contributed by atoms with Crippen molar-refractivity contribution in [3.05, 3.63) is 59.7 Å². The van der Waals surface area contributed by atoms with E-state index in [9.17, 15) is 19.5 Å². The van der Waals surface area contributed by atoms with Gasteiger partial charge in [0.1, 0.15) is 18.7 Å². The summed E-state index contributed by atoms with van der Waals surface area (Å²) in [5, 5.41) is 14.8. The summed E-state index contributed by atoms with van der Waals surface area (Å²) in [6.07, 6.45) is 2.29. The van der Waals surface area contributed by atoms with Gasteiger partial charge in [-0.05, 0) is 47.4 Å². The van der Waals surface area contributed by atoms with E-state index in [1.165, 1.54) is 0 Å². The van der Waals surface area contributed by atoms with Crippen molar-refractivity contribution in [3.63, 3.8) is 0 Å². The molecule has 0 aromatic heterocycles. The highest BCUT2D eigenvalue weighted by Crippen LogP contribution is 2.44. The van der Waals surface area contributed by atoms with E-state index in [4.69, 9.17) is 4.74 Å². The van der Waals surface area contributed by atoms with Crippen molar-refractivity contribution in [1.82, 2.24) is 10.6 Å². The summed E-state index contributed by atoms with van der Waals surface area (Å²) in [5.41, 5.74) is 4.49. The van der Waals surface area contributed by atoms with Crippen LogP contribution in [0.25, 0.3) is 11.1 Å². The number of rotatable bonds is 12. The van der Waals surface area contributed by atoms with E-state index < -0.39 is 30.1 Å². The Hall–Kier alpha value is -3.35. The van der Waals surface area contributed by atoms with Crippen LogP contribution in [0.1, 0.15) is 69.9 Å². The van der Waals surface area contributed by atoms with Gasteiger partial charge < -0.3 is 20.5 Å². The third-order valence-corrected chi connectivity index (χ3v) is 6.45. The fourth-order valence-electron chi connectivity index (χ4n) is 4.49. The van der Waals surface area contributed by atoms with Crippen LogP contribution in [0.5, 0.6) is 0 Å². The predicted octanol–water partition coefficient (Wildman–Crippen LogP) is 5.09. The Morgan fingerprint density at radius 1 is 0.886 bits per heavy atom. The Kier molecular flexibility index (Phi) is 9.29. The Balaban J connectivity index is 1.63. The average molecular weight is 481 g/mol. The lowest BCUT2D eigenvalue weighted by Crippen LogP contribution is -2.51. The minimum atomic E-state index is -1.07. The molecule has 2 amide bonds. The number of nitrogens with one attached hydrogen (secondary N) is 2. The molecule has 2 aromatic rings. The first-order chi connectivity index (χ1) is 16.8. The molecule has 35 heavy (non-hydrogen) atoms.